The molecule has 2 unspecified atom stereocenters. The fourth-order valence-corrected chi connectivity index (χ4v) is 12.2. The van der Waals surface area contributed by atoms with Gasteiger partial charge < -0.3 is 5.32 Å². The maximum Gasteiger partial charge on any atom is 0.223 e. The molecule has 6 bridgehead atoms. The number of thioether (sulfide) groups is 2. The van der Waals surface area contributed by atoms with Crippen molar-refractivity contribution in [1.29, 1.82) is 0 Å². The van der Waals surface area contributed by atoms with E-state index in [9.17, 15) is 4.79 Å². The Hall–Kier alpha value is 0.170. The number of nitrogens with one attached hydrogen (secondary N) is 1. The van der Waals surface area contributed by atoms with E-state index in [1.807, 2.05) is 0 Å². The predicted octanol–water partition coefficient (Wildman–Crippen LogP) is 4.68. The molecule has 6 saturated carbocycles. The van der Waals surface area contributed by atoms with Gasteiger partial charge in [-0.1, -0.05) is 0 Å². The topological polar surface area (TPSA) is 29.1 Å². The zero-order valence-corrected chi connectivity index (χ0v) is 16.8. The Kier molecular flexibility index (Phi) is 3.61. The highest BCUT2D eigenvalue weighted by atomic mass is 32.2. The number of amides is 1. The van der Waals surface area contributed by atoms with Crippen molar-refractivity contribution in [2.75, 3.05) is 11.5 Å². The fraction of sp³-hybridized carbons (Fsp3) is 0.952. The van der Waals surface area contributed by atoms with Crippen molar-refractivity contribution in [3.63, 3.8) is 0 Å². The summed E-state index contributed by atoms with van der Waals surface area (Å²) >= 11 is 4.49. The molecule has 0 radical (unpaired) electrons. The summed E-state index contributed by atoms with van der Waals surface area (Å²) in [5.74, 6) is 7.80. The van der Waals surface area contributed by atoms with Crippen LogP contribution in [0.4, 0.5) is 0 Å². The quantitative estimate of drug-likeness (QED) is 0.757. The van der Waals surface area contributed by atoms with E-state index in [0.29, 0.717) is 15.9 Å². The van der Waals surface area contributed by atoms with Gasteiger partial charge in [-0.05, 0) is 93.8 Å². The van der Waals surface area contributed by atoms with Gasteiger partial charge in [-0.2, -0.15) is 0 Å². The van der Waals surface area contributed by atoms with E-state index in [1.54, 1.807) is 0 Å². The van der Waals surface area contributed by atoms with Crippen LogP contribution < -0.4 is 5.32 Å². The maximum absolute atomic E-state index is 13.3. The summed E-state index contributed by atoms with van der Waals surface area (Å²) in [6.45, 7) is 0. The molecule has 4 heteroatoms. The van der Waals surface area contributed by atoms with Crippen molar-refractivity contribution < 1.29 is 4.79 Å². The summed E-state index contributed by atoms with van der Waals surface area (Å²) in [5.41, 5.74) is 0.205. The van der Waals surface area contributed by atoms with Crippen molar-refractivity contribution >= 4 is 29.4 Å². The highest BCUT2D eigenvalue weighted by Crippen LogP contribution is 2.66. The normalized spacial score (nSPS) is 52.0. The molecule has 138 valence electrons. The van der Waals surface area contributed by atoms with Crippen LogP contribution in [0.1, 0.15) is 64.2 Å². The van der Waals surface area contributed by atoms with Gasteiger partial charge in [0, 0.05) is 23.0 Å². The first-order valence-electron chi connectivity index (χ1n) is 10.7. The molecule has 1 aliphatic heterocycles. The van der Waals surface area contributed by atoms with Crippen molar-refractivity contribution in [2.45, 2.75) is 73.8 Å². The lowest BCUT2D eigenvalue weighted by molar-refractivity contribution is -0.132. The van der Waals surface area contributed by atoms with Crippen LogP contribution in [0.15, 0.2) is 0 Å². The lowest BCUT2D eigenvalue weighted by Gasteiger charge is -2.57. The average molecular weight is 378 g/mol. The van der Waals surface area contributed by atoms with Crippen molar-refractivity contribution in [3.8, 4) is 0 Å². The van der Waals surface area contributed by atoms with Crippen LogP contribution in [0.2, 0.25) is 0 Å². The molecule has 2 nitrogen and oxygen atoms in total. The molecule has 7 rings (SSSR count). The van der Waals surface area contributed by atoms with E-state index >= 15 is 0 Å². The van der Waals surface area contributed by atoms with Gasteiger partial charge in [0.25, 0.3) is 0 Å². The van der Waals surface area contributed by atoms with Crippen LogP contribution in [0.5, 0.6) is 0 Å². The number of hydrogen-bond donors (Lipinski definition) is 1. The van der Waals surface area contributed by atoms with Crippen LogP contribution in [-0.2, 0) is 4.79 Å². The Balaban J connectivity index is 1.17. The summed E-state index contributed by atoms with van der Waals surface area (Å²) in [6.07, 6.45) is 13.4. The Morgan fingerprint density at radius 3 is 1.84 bits per heavy atom. The van der Waals surface area contributed by atoms with Gasteiger partial charge in [-0.15, -0.1) is 23.5 Å². The first kappa shape index (κ1) is 16.2. The number of carbonyl (C=O) groups is 1. The zero-order valence-electron chi connectivity index (χ0n) is 15.2. The molecule has 1 saturated heterocycles. The molecule has 6 aliphatic carbocycles. The second-order valence-electron chi connectivity index (χ2n) is 10.2. The van der Waals surface area contributed by atoms with E-state index in [4.69, 9.17) is 0 Å². The minimum Gasteiger partial charge on any atom is -0.350 e. The first-order valence-corrected chi connectivity index (χ1v) is 12.7. The standard InChI is InChI=1S/C21H31NOS2/c23-19(22-20-10-13-5-14(11-20)7-15(6-13)12-20)16-8-17-1-2-18(9-16)21(17)24-3-4-25-21/h13-18H,1-12H2,(H,22,23). The predicted molar refractivity (Wildman–Crippen MR) is 106 cm³/mol. The van der Waals surface area contributed by atoms with Crippen LogP contribution in [0.25, 0.3) is 0 Å². The molecule has 1 spiro atoms. The molecule has 0 aromatic carbocycles. The van der Waals surface area contributed by atoms with Crippen molar-refractivity contribution in [1.82, 2.24) is 5.32 Å². The number of rotatable bonds is 2. The largest absolute Gasteiger partial charge is 0.350 e. The van der Waals surface area contributed by atoms with Crippen LogP contribution >= 0.6 is 23.5 Å². The Labute approximate surface area is 160 Å². The molecule has 1 heterocycles. The SMILES string of the molecule is O=C(NC12CC3CC(CC(C3)C1)C2)C1CC2CCC(C1)C21SCCS1. The van der Waals surface area contributed by atoms with E-state index in [2.05, 4.69) is 28.8 Å². The molecule has 2 atom stereocenters. The minimum atomic E-state index is 0.205. The van der Waals surface area contributed by atoms with Crippen LogP contribution in [0.3, 0.4) is 0 Å². The molecule has 1 N–H and O–H groups in total. The monoisotopic (exact) mass is 377 g/mol. The third kappa shape index (κ3) is 2.41. The third-order valence-corrected chi connectivity index (χ3v) is 12.7. The summed E-state index contributed by atoms with van der Waals surface area (Å²) in [6, 6.07) is 0. The van der Waals surface area contributed by atoms with E-state index < -0.39 is 0 Å². The Morgan fingerprint density at radius 1 is 0.800 bits per heavy atom. The van der Waals surface area contributed by atoms with E-state index in [0.717, 1.165) is 29.6 Å². The molecule has 0 aromatic heterocycles. The van der Waals surface area contributed by atoms with Crippen molar-refractivity contribution in [3.05, 3.63) is 0 Å². The van der Waals surface area contributed by atoms with E-state index in [-0.39, 0.29) is 5.54 Å². The first-order chi connectivity index (χ1) is 12.1. The highest BCUT2D eigenvalue weighted by Gasteiger charge is 2.58. The second kappa shape index (κ2) is 5.59. The van der Waals surface area contributed by atoms with Crippen LogP contribution in [-0.4, -0.2) is 27.0 Å². The van der Waals surface area contributed by atoms with E-state index in [1.165, 1.54) is 75.7 Å². The number of carbonyl (C=O) groups excluding carboxylic acids is 1. The molecule has 7 aliphatic rings. The van der Waals surface area contributed by atoms with Crippen molar-refractivity contribution in [2.24, 2.45) is 35.5 Å². The summed E-state index contributed by atoms with van der Waals surface area (Å²) in [5, 5.41) is 3.69. The highest BCUT2D eigenvalue weighted by molar-refractivity contribution is 8.21. The molecular weight excluding hydrogens is 346 g/mol. The van der Waals surface area contributed by atoms with Gasteiger partial charge in [0.1, 0.15) is 0 Å². The van der Waals surface area contributed by atoms with Gasteiger partial charge >= 0.3 is 0 Å². The van der Waals surface area contributed by atoms with Gasteiger partial charge in [-0.25, -0.2) is 0 Å². The summed E-state index contributed by atoms with van der Waals surface area (Å²) < 4.78 is 0.511. The fourth-order valence-electron chi connectivity index (χ4n) is 8.24. The molecule has 0 aromatic rings. The molecular formula is C21H31NOS2. The molecule has 1 amide bonds. The van der Waals surface area contributed by atoms with Gasteiger partial charge in [0.15, 0.2) is 0 Å². The lowest BCUT2D eigenvalue weighted by Crippen LogP contribution is -2.61. The molecule has 25 heavy (non-hydrogen) atoms. The summed E-state index contributed by atoms with van der Waals surface area (Å²) in [4.78, 5) is 13.3. The van der Waals surface area contributed by atoms with Gasteiger partial charge in [0.2, 0.25) is 5.91 Å². The number of hydrogen-bond acceptors (Lipinski definition) is 3. The average Bonchev–Trinajstić information content (AvgIpc) is 3.08. The lowest BCUT2D eigenvalue weighted by atomic mass is 9.53. The maximum atomic E-state index is 13.3. The Morgan fingerprint density at radius 2 is 1.32 bits per heavy atom. The van der Waals surface area contributed by atoms with Gasteiger partial charge in [-0.3, -0.25) is 4.79 Å². The third-order valence-electron chi connectivity index (χ3n) is 8.68. The minimum absolute atomic E-state index is 0.205. The smallest absolute Gasteiger partial charge is 0.223 e. The van der Waals surface area contributed by atoms with Crippen LogP contribution in [0, 0.1) is 35.5 Å². The molecule has 7 fully saturated rings. The summed E-state index contributed by atoms with van der Waals surface area (Å²) in [7, 11) is 0. The zero-order chi connectivity index (χ0) is 16.6. The second-order valence-corrected chi connectivity index (χ2v) is 13.2. The van der Waals surface area contributed by atoms with Gasteiger partial charge in [0.05, 0.1) is 4.08 Å². The Bertz CT molecular complexity index is 533.